The summed E-state index contributed by atoms with van der Waals surface area (Å²) in [5.41, 5.74) is 0. The van der Waals surface area contributed by atoms with Crippen LogP contribution in [-0.2, 0) is 9.53 Å². The maximum absolute atomic E-state index is 12.9. The van der Waals surface area contributed by atoms with Crippen molar-refractivity contribution in [3.63, 3.8) is 0 Å². The van der Waals surface area contributed by atoms with Crippen LogP contribution in [0.3, 0.4) is 0 Å². The maximum atomic E-state index is 12.9. The van der Waals surface area contributed by atoms with Crippen molar-refractivity contribution in [3.8, 4) is 0 Å². The van der Waals surface area contributed by atoms with Crippen LogP contribution in [0.25, 0.3) is 0 Å². The van der Waals surface area contributed by atoms with Crippen LogP contribution in [0.15, 0.2) is 0 Å². The third-order valence-electron chi connectivity index (χ3n) is 2.41. The van der Waals surface area contributed by atoms with E-state index in [2.05, 4.69) is 4.74 Å². The van der Waals surface area contributed by atoms with E-state index in [0.29, 0.717) is 0 Å². The van der Waals surface area contributed by atoms with Crippen molar-refractivity contribution in [2.45, 2.75) is 25.7 Å². The fraction of sp³-hybridized carbons (Fsp3) is 0.875. The largest absolute Gasteiger partial charge is 0.469 e. The van der Waals surface area contributed by atoms with Crippen molar-refractivity contribution in [2.75, 3.05) is 7.11 Å². The molecule has 0 N–H and O–H groups in total. The summed E-state index contributed by atoms with van der Waals surface area (Å²) in [6, 6.07) is 0. The summed E-state index contributed by atoms with van der Waals surface area (Å²) < 4.78 is 30.2. The van der Waals surface area contributed by atoms with E-state index in [1.807, 2.05) is 0 Å². The number of esters is 1. The second-order valence-corrected chi connectivity index (χ2v) is 3.32. The Kier molecular flexibility index (Phi) is 2.35. The van der Waals surface area contributed by atoms with Gasteiger partial charge in [-0.2, -0.15) is 0 Å². The molecule has 0 aromatic carbocycles. The first-order chi connectivity index (χ1) is 5.47. The topological polar surface area (TPSA) is 26.3 Å². The van der Waals surface area contributed by atoms with Gasteiger partial charge in [-0.05, 0) is 6.42 Å². The molecular formula is C8H12F2O2. The molecule has 1 fully saturated rings. The summed E-state index contributed by atoms with van der Waals surface area (Å²) in [6.07, 6.45) is -0.124. The zero-order valence-electron chi connectivity index (χ0n) is 7.14. The van der Waals surface area contributed by atoms with Gasteiger partial charge in [0, 0.05) is 12.3 Å². The van der Waals surface area contributed by atoms with Crippen molar-refractivity contribution in [3.05, 3.63) is 0 Å². The first kappa shape index (κ1) is 9.42. The van der Waals surface area contributed by atoms with Gasteiger partial charge in [-0.25, -0.2) is 8.78 Å². The van der Waals surface area contributed by atoms with E-state index in [9.17, 15) is 13.6 Å². The molecule has 2 nitrogen and oxygen atoms in total. The normalized spacial score (nSPS) is 33.3. The molecule has 0 amide bonds. The van der Waals surface area contributed by atoms with E-state index in [1.165, 1.54) is 14.0 Å². The quantitative estimate of drug-likeness (QED) is 0.573. The van der Waals surface area contributed by atoms with E-state index < -0.39 is 23.7 Å². The molecule has 0 spiro atoms. The summed E-state index contributed by atoms with van der Waals surface area (Å²) in [4.78, 5) is 10.9. The molecular weight excluding hydrogens is 166 g/mol. The van der Waals surface area contributed by atoms with Gasteiger partial charge < -0.3 is 4.74 Å². The molecule has 2 atom stereocenters. The predicted octanol–water partition coefficient (Wildman–Crippen LogP) is 1.84. The Morgan fingerprint density at radius 1 is 1.58 bits per heavy atom. The Bertz CT molecular complexity index is 191. The van der Waals surface area contributed by atoms with Gasteiger partial charge in [-0.3, -0.25) is 4.79 Å². The molecule has 12 heavy (non-hydrogen) atoms. The van der Waals surface area contributed by atoms with E-state index >= 15 is 0 Å². The average molecular weight is 178 g/mol. The minimum Gasteiger partial charge on any atom is -0.469 e. The van der Waals surface area contributed by atoms with Gasteiger partial charge in [0.15, 0.2) is 0 Å². The number of carbonyl (C=O) groups is 1. The fourth-order valence-electron chi connectivity index (χ4n) is 1.56. The third kappa shape index (κ3) is 1.57. The van der Waals surface area contributed by atoms with Crippen LogP contribution in [0.1, 0.15) is 19.8 Å². The molecule has 1 aliphatic carbocycles. The highest BCUT2D eigenvalue weighted by molar-refractivity contribution is 5.72. The molecule has 0 heterocycles. The highest BCUT2D eigenvalue weighted by Crippen LogP contribution is 2.43. The van der Waals surface area contributed by atoms with Gasteiger partial charge in [-0.15, -0.1) is 0 Å². The molecule has 0 saturated heterocycles. The Morgan fingerprint density at radius 2 is 2.17 bits per heavy atom. The minimum absolute atomic E-state index is 0.236. The Labute approximate surface area is 69.9 Å². The summed E-state index contributed by atoms with van der Waals surface area (Å²) in [5.74, 6) is -4.53. The molecule has 0 bridgehead atoms. The monoisotopic (exact) mass is 178 g/mol. The van der Waals surface area contributed by atoms with Gasteiger partial charge in [-0.1, -0.05) is 6.92 Å². The summed E-state index contributed by atoms with van der Waals surface area (Å²) >= 11 is 0. The number of halogens is 2. The van der Waals surface area contributed by atoms with E-state index in [1.54, 1.807) is 0 Å². The van der Waals surface area contributed by atoms with Gasteiger partial charge in [0.2, 0.25) is 0 Å². The summed E-state index contributed by atoms with van der Waals surface area (Å²) in [7, 11) is 1.23. The number of methoxy groups -OCH3 is 1. The molecule has 2 unspecified atom stereocenters. The highest BCUT2D eigenvalue weighted by Gasteiger charge is 2.48. The zero-order chi connectivity index (χ0) is 9.35. The number of alkyl halides is 2. The first-order valence-corrected chi connectivity index (χ1v) is 3.93. The van der Waals surface area contributed by atoms with Crippen LogP contribution in [0.4, 0.5) is 8.78 Å². The summed E-state index contributed by atoms with van der Waals surface area (Å²) in [5, 5.41) is 0. The lowest BCUT2D eigenvalue weighted by Crippen LogP contribution is -2.19. The lowest BCUT2D eigenvalue weighted by molar-refractivity contribution is -0.146. The molecule has 0 radical (unpaired) electrons. The van der Waals surface area contributed by atoms with E-state index in [4.69, 9.17) is 0 Å². The minimum atomic E-state index is -2.70. The van der Waals surface area contributed by atoms with Gasteiger partial charge in [0.25, 0.3) is 5.92 Å². The van der Waals surface area contributed by atoms with Crippen molar-refractivity contribution in [1.82, 2.24) is 0 Å². The Morgan fingerprint density at radius 3 is 2.50 bits per heavy atom. The van der Waals surface area contributed by atoms with Gasteiger partial charge in [0.05, 0.1) is 13.0 Å². The third-order valence-corrected chi connectivity index (χ3v) is 2.41. The van der Waals surface area contributed by atoms with Crippen LogP contribution >= 0.6 is 0 Å². The smallest absolute Gasteiger partial charge is 0.308 e. The fourth-order valence-corrected chi connectivity index (χ4v) is 1.56. The molecule has 0 aromatic heterocycles. The molecule has 0 aliphatic heterocycles. The molecule has 4 heteroatoms. The Hall–Kier alpha value is -0.670. The standard InChI is InChI=1S/C8H12F2O2/c1-5-3-6(7(11)12-2)4-8(5,9)10/h5-6H,3-4H2,1-2H3. The average Bonchev–Trinajstić information content (AvgIpc) is 2.25. The molecule has 1 rings (SSSR count). The van der Waals surface area contributed by atoms with Crippen LogP contribution in [0, 0.1) is 11.8 Å². The van der Waals surface area contributed by atoms with Crippen molar-refractivity contribution >= 4 is 5.97 Å². The van der Waals surface area contributed by atoms with E-state index in [-0.39, 0.29) is 12.8 Å². The molecule has 1 saturated carbocycles. The summed E-state index contributed by atoms with van der Waals surface area (Å²) in [6.45, 7) is 1.46. The van der Waals surface area contributed by atoms with E-state index in [0.717, 1.165) is 0 Å². The second-order valence-electron chi connectivity index (χ2n) is 3.32. The van der Waals surface area contributed by atoms with Crippen LogP contribution in [0.5, 0.6) is 0 Å². The van der Waals surface area contributed by atoms with Crippen molar-refractivity contribution in [2.24, 2.45) is 11.8 Å². The second kappa shape index (κ2) is 2.99. The van der Waals surface area contributed by atoms with Gasteiger partial charge >= 0.3 is 5.97 Å². The Balaban J connectivity index is 2.60. The predicted molar refractivity (Wildman–Crippen MR) is 38.9 cm³/mol. The lowest BCUT2D eigenvalue weighted by Gasteiger charge is -2.12. The van der Waals surface area contributed by atoms with Crippen molar-refractivity contribution < 1.29 is 18.3 Å². The maximum Gasteiger partial charge on any atom is 0.308 e. The van der Waals surface area contributed by atoms with Crippen molar-refractivity contribution in [1.29, 1.82) is 0 Å². The molecule has 70 valence electrons. The molecule has 0 aromatic rings. The zero-order valence-corrected chi connectivity index (χ0v) is 7.14. The molecule has 1 aliphatic rings. The van der Waals surface area contributed by atoms with Crippen LogP contribution < -0.4 is 0 Å². The lowest BCUT2D eigenvalue weighted by atomic mass is 10.1. The van der Waals surface area contributed by atoms with Gasteiger partial charge in [0.1, 0.15) is 0 Å². The van der Waals surface area contributed by atoms with Crippen LogP contribution in [-0.4, -0.2) is 19.0 Å². The number of hydrogen-bond donors (Lipinski definition) is 0. The number of hydrogen-bond acceptors (Lipinski definition) is 2. The first-order valence-electron chi connectivity index (χ1n) is 3.93. The SMILES string of the molecule is COC(=O)C1CC(C)C(F)(F)C1. The number of ether oxygens (including phenoxy) is 1. The number of carbonyl (C=O) groups excluding carboxylic acids is 1. The number of rotatable bonds is 1. The highest BCUT2D eigenvalue weighted by atomic mass is 19.3. The van der Waals surface area contributed by atoms with Crippen LogP contribution in [0.2, 0.25) is 0 Å².